The van der Waals surface area contributed by atoms with Crippen LogP contribution >= 0.6 is 0 Å². The van der Waals surface area contributed by atoms with E-state index in [0.29, 0.717) is 32.1 Å². The Kier molecular flexibility index (Phi) is 15.8. The summed E-state index contributed by atoms with van der Waals surface area (Å²) in [4.78, 5) is 23.8. The van der Waals surface area contributed by atoms with E-state index < -0.39 is 30.3 Å². The monoisotopic (exact) mass is 466 g/mol. The maximum Gasteiger partial charge on any atom is 0.306 e. The third-order valence-corrected chi connectivity index (χ3v) is 6.22. The zero-order valence-electron chi connectivity index (χ0n) is 20.7. The van der Waals surface area contributed by atoms with Crippen molar-refractivity contribution in [2.24, 2.45) is 5.92 Å². The standard InChI is InChI=1S/C27H46O6/c1-3-4-5-6-7-8-12-15-23(28)19-25-20-24(29)16-21(2)13-10-9-11-14-22(17-26(30)31)18-27(32)33-25/h9,11,13,22-25,28-29H,3-8,10,12,14-20H2,1-2H3,(H,30,31). The van der Waals surface area contributed by atoms with E-state index in [-0.39, 0.29) is 25.2 Å². The van der Waals surface area contributed by atoms with Crippen LogP contribution in [0.25, 0.3) is 0 Å². The Morgan fingerprint density at radius 1 is 1.12 bits per heavy atom. The van der Waals surface area contributed by atoms with E-state index in [0.717, 1.165) is 18.4 Å². The number of carboxylic acids is 1. The molecule has 3 N–H and O–H groups in total. The number of unbranched alkanes of at least 4 members (excludes halogenated alkanes) is 6. The summed E-state index contributed by atoms with van der Waals surface area (Å²) in [5.74, 6) is -1.73. The Morgan fingerprint density at radius 3 is 2.52 bits per heavy atom. The number of carboxylic acid groups (broad SMARTS) is 1. The van der Waals surface area contributed by atoms with Crippen LogP contribution in [0, 0.1) is 5.92 Å². The summed E-state index contributed by atoms with van der Waals surface area (Å²) >= 11 is 0. The van der Waals surface area contributed by atoms with Gasteiger partial charge in [0.25, 0.3) is 0 Å². The fraction of sp³-hybridized carbons (Fsp3) is 0.778. The Bertz CT molecular complexity index is 612. The molecule has 0 saturated heterocycles. The summed E-state index contributed by atoms with van der Waals surface area (Å²) in [5.41, 5.74) is 1.06. The molecule has 6 heteroatoms. The van der Waals surface area contributed by atoms with E-state index in [4.69, 9.17) is 4.74 Å². The smallest absolute Gasteiger partial charge is 0.306 e. The molecule has 4 unspecified atom stereocenters. The summed E-state index contributed by atoms with van der Waals surface area (Å²) in [6.07, 6.45) is 15.2. The van der Waals surface area contributed by atoms with Gasteiger partial charge in [0, 0.05) is 25.7 Å². The number of allylic oxidation sites excluding steroid dienone is 3. The first-order chi connectivity index (χ1) is 15.8. The van der Waals surface area contributed by atoms with E-state index in [1.807, 2.05) is 25.2 Å². The van der Waals surface area contributed by atoms with Crippen molar-refractivity contribution in [1.29, 1.82) is 0 Å². The molecule has 0 spiro atoms. The molecule has 0 saturated carbocycles. The van der Waals surface area contributed by atoms with E-state index in [1.165, 1.54) is 32.1 Å². The number of carbonyl (C=O) groups is 2. The molecule has 0 bridgehead atoms. The average Bonchev–Trinajstić information content (AvgIpc) is 2.71. The van der Waals surface area contributed by atoms with Crippen molar-refractivity contribution < 1.29 is 29.6 Å². The van der Waals surface area contributed by atoms with Gasteiger partial charge in [-0.15, -0.1) is 0 Å². The van der Waals surface area contributed by atoms with Crippen LogP contribution in [-0.4, -0.2) is 45.6 Å². The predicted molar refractivity (Wildman–Crippen MR) is 131 cm³/mol. The molecule has 1 aliphatic heterocycles. The normalized spacial score (nSPS) is 23.9. The second-order valence-corrected chi connectivity index (χ2v) is 9.67. The number of esters is 1. The van der Waals surface area contributed by atoms with Crippen molar-refractivity contribution in [2.45, 2.75) is 128 Å². The molecule has 0 radical (unpaired) electrons. The number of aliphatic hydroxyl groups excluding tert-OH is 2. The zero-order valence-corrected chi connectivity index (χ0v) is 20.7. The fourth-order valence-corrected chi connectivity index (χ4v) is 4.40. The third-order valence-electron chi connectivity index (χ3n) is 6.22. The largest absolute Gasteiger partial charge is 0.481 e. The topological polar surface area (TPSA) is 104 Å². The van der Waals surface area contributed by atoms with Gasteiger partial charge in [0.15, 0.2) is 0 Å². The number of aliphatic carboxylic acids is 1. The van der Waals surface area contributed by atoms with E-state index in [1.54, 1.807) is 0 Å². The summed E-state index contributed by atoms with van der Waals surface area (Å²) in [5, 5.41) is 30.2. The van der Waals surface area contributed by atoms with Gasteiger partial charge in [0.05, 0.1) is 12.2 Å². The lowest BCUT2D eigenvalue weighted by Crippen LogP contribution is -2.29. The Morgan fingerprint density at radius 2 is 1.82 bits per heavy atom. The highest BCUT2D eigenvalue weighted by atomic mass is 16.5. The molecule has 1 aliphatic rings. The van der Waals surface area contributed by atoms with Gasteiger partial charge in [-0.3, -0.25) is 9.59 Å². The van der Waals surface area contributed by atoms with Crippen LogP contribution in [0.1, 0.15) is 110 Å². The molecule has 1 heterocycles. The van der Waals surface area contributed by atoms with Gasteiger partial charge in [-0.2, -0.15) is 0 Å². The lowest BCUT2D eigenvalue weighted by atomic mass is 9.95. The minimum absolute atomic E-state index is 0.0198. The van der Waals surface area contributed by atoms with Gasteiger partial charge >= 0.3 is 11.9 Å². The highest BCUT2D eigenvalue weighted by molar-refractivity contribution is 5.72. The van der Waals surface area contributed by atoms with Crippen LogP contribution in [0.4, 0.5) is 0 Å². The molecule has 1 rings (SSSR count). The SMILES string of the molecule is CCCCCCCCCC(O)CC1CC(O)CC(C)=CCC=CCC(CC(=O)O)CC(=O)O1. The number of hydrogen-bond donors (Lipinski definition) is 3. The molecule has 6 nitrogen and oxygen atoms in total. The van der Waals surface area contributed by atoms with Crippen molar-refractivity contribution in [3.05, 3.63) is 23.8 Å². The highest BCUT2D eigenvalue weighted by Gasteiger charge is 2.25. The molecule has 33 heavy (non-hydrogen) atoms. The number of rotatable bonds is 12. The first kappa shape index (κ1) is 29.4. The van der Waals surface area contributed by atoms with Crippen molar-refractivity contribution in [3.63, 3.8) is 0 Å². The molecule has 0 amide bonds. The molecule has 0 aliphatic carbocycles. The predicted octanol–water partition coefficient (Wildman–Crippen LogP) is 5.71. The van der Waals surface area contributed by atoms with Crippen LogP contribution in [0.15, 0.2) is 23.8 Å². The number of carbonyl (C=O) groups excluding carboxylic acids is 1. The van der Waals surface area contributed by atoms with Gasteiger partial charge < -0.3 is 20.1 Å². The molecular formula is C27H46O6. The van der Waals surface area contributed by atoms with Crippen molar-refractivity contribution in [3.8, 4) is 0 Å². The van der Waals surface area contributed by atoms with Crippen LogP contribution in [0.5, 0.6) is 0 Å². The molecule has 4 atom stereocenters. The van der Waals surface area contributed by atoms with Gasteiger partial charge in [0.2, 0.25) is 0 Å². The maximum absolute atomic E-state index is 12.6. The third kappa shape index (κ3) is 15.7. The highest BCUT2D eigenvalue weighted by Crippen LogP contribution is 2.22. The van der Waals surface area contributed by atoms with E-state index >= 15 is 0 Å². The summed E-state index contributed by atoms with van der Waals surface area (Å²) in [6.45, 7) is 4.17. The Labute approximate surface area is 200 Å². The second kappa shape index (κ2) is 17.8. The molecular weight excluding hydrogens is 420 g/mol. The van der Waals surface area contributed by atoms with Crippen molar-refractivity contribution >= 4 is 11.9 Å². The molecule has 0 aromatic carbocycles. The number of aliphatic hydroxyl groups is 2. The average molecular weight is 467 g/mol. The number of hydrogen-bond acceptors (Lipinski definition) is 5. The Hall–Kier alpha value is -1.66. The second-order valence-electron chi connectivity index (χ2n) is 9.67. The van der Waals surface area contributed by atoms with Gasteiger partial charge in [-0.05, 0) is 38.5 Å². The summed E-state index contributed by atoms with van der Waals surface area (Å²) in [7, 11) is 0. The van der Waals surface area contributed by atoms with E-state index in [9.17, 15) is 24.9 Å². The summed E-state index contributed by atoms with van der Waals surface area (Å²) < 4.78 is 5.66. The van der Waals surface area contributed by atoms with E-state index in [2.05, 4.69) is 6.92 Å². The van der Waals surface area contributed by atoms with Crippen LogP contribution in [0.3, 0.4) is 0 Å². The van der Waals surface area contributed by atoms with Gasteiger partial charge in [-0.1, -0.05) is 75.7 Å². The van der Waals surface area contributed by atoms with Gasteiger partial charge in [-0.25, -0.2) is 0 Å². The molecule has 0 aromatic heterocycles. The molecule has 0 fully saturated rings. The first-order valence-corrected chi connectivity index (χ1v) is 12.9. The maximum atomic E-state index is 12.6. The minimum Gasteiger partial charge on any atom is -0.481 e. The van der Waals surface area contributed by atoms with Crippen LogP contribution in [0.2, 0.25) is 0 Å². The summed E-state index contributed by atoms with van der Waals surface area (Å²) in [6, 6.07) is 0. The number of cyclic esters (lactones) is 1. The van der Waals surface area contributed by atoms with Crippen LogP contribution in [-0.2, 0) is 14.3 Å². The van der Waals surface area contributed by atoms with Crippen molar-refractivity contribution in [1.82, 2.24) is 0 Å². The van der Waals surface area contributed by atoms with Crippen LogP contribution < -0.4 is 0 Å². The number of ether oxygens (including phenoxy) is 1. The quantitative estimate of drug-likeness (QED) is 0.193. The minimum atomic E-state index is -0.935. The lowest BCUT2D eigenvalue weighted by Gasteiger charge is -2.24. The first-order valence-electron chi connectivity index (χ1n) is 12.9. The zero-order chi connectivity index (χ0) is 24.5. The van der Waals surface area contributed by atoms with Crippen molar-refractivity contribution in [2.75, 3.05) is 0 Å². The lowest BCUT2D eigenvalue weighted by molar-refractivity contribution is -0.153. The molecule has 0 aromatic rings. The fourth-order valence-electron chi connectivity index (χ4n) is 4.40. The Balaban J connectivity index is 2.68. The van der Waals surface area contributed by atoms with Gasteiger partial charge in [0.1, 0.15) is 6.10 Å². The molecule has 190 valence electrons.